The maximum absolute atomic E-state index is 12.6. The fourth-order valence-electron chi connectivity index (χ4n) is 2.73. The number of nitrogens with one attached hydrogen (secondary N) is 1. The summed E-state index contributed by atoms with van der Waals surface area (Å²) in [5.41, 5.74) is 1.43. The summed E-state index contributed by atoms with van der Waals surface area (Å²) in [6, 6.07) is 0.237. The largest absolute Gasteiger partial charge is 0.396 e. The Bertz CT molecular complexity index is 473. The van der Waals surface area contributed by atoms with Crippen LogP contribution in [-0.2, 0) is 0 Å². The van der Waals surface area contributed by atoms with Crippen LogP contribution in [0.2, 0.25) is 0 Å². The molecule has 6 heteroatoms. The minimum absolute atomic E-state index is 0.0135. The van der Waals surface area contributed by atoms with Gasteiger partial charge in [0.15, 0.2) is 5.69 Å². The van der Waals surface area contributed by atoms with Crippen molar-refractivity contribution in [2.45, 2.75) is 51.5 Å². The number of hydrogen-bond acceptors (Lipinski definition) is 3. The Labute approximate surface area is 127 Å². The van der Waals surface area contributed by atoms with Gasteiger partial charge in [-0.05, 0) is 47.5 Å². The number of H-pyrrole nitrogens is 1. The van der Waals surface area contributed by atoms with Crippen molar-refractivity contribution in [1.82, 2.24) is 15.1 Å². The number of aromatic amines is 1. The van der Waals surface area contributed by atoms with Crippen molar-refractivity contribution in [3.8, 4) is 0 Å². The molecule has 1 aliphatic heterocycles. The van der Waals surface area contributed by atoms with Gasteiger partial charge in [0.25, 0.3) is 5.91 Å². The third-order valence-electron chi connectivity index (χ3n) is 3.85. The molecule has 1 aliphatic rings. The van der Waals surface area contributed by atoms with Crippen molar-refractivity contribution >= 4 is 21.8 Å². The van der Waals surface area contributed by atoms with Crippen LogP contribution in [0, 0.1) is 0 Å². The van der Waals surface area contributed by atoms with Crippen LogP contribution in [0.25, 0.3) is 0 Å². The number of hydrogen-bond donors (Lipinski definition) is 2. The van der Waals surface area contributed by atoms with Crippen LogP contribution in [-0.4, -0.2) is 45.3 Å². The summed E-state index contributed by atoms with van der Waals surface area (Å²) in [4.78, 5) is 14.5. The Kier molecular flexibility index (Phi) is 5.21. The second-order valence-electron chi connectivity index (χ2n) is 5.62. The monoisotopic (exact) mass is 343 g/mol. The SMILES string of the molecule is CC(C)c1[nH]nc(C(=O)N2CCCC2CCCO)c1Br. The number of carbonyl (C=O) groups is 1. The van der Waals surface area contributed by atoms with Crippen LogP contribution in [0.4, 0.5) is 0 Å². The van der Waals surface area contributed by atoms with E-state index in [1.807, 2.05) is 4.90 Å². The molecule has 1 atom stereocenters. The molecular weight excluding hydrogens is 322 g/mol. The van der Waals surface area contributed by atoms with Crippen molar-refractivity contribution in [2.24, 2.45) is 0 Å². The molecule has 112 valence electrons. The van der Waals surface area contributed by atoms with E-state index in [2.05, 4.69) is 40.0 Å². The zero-order valence-electron chi connectivity index (χ0n) is 12.0. The topological polar surface area (TPSA) is 69.2 Å². The molecule has 1 unspecified atom stereocenters. The van der Waals surface area contributed by atoms with Crippen molar-refractivity contribution in [3.05, 3.63) is 15.9 Å². The van der Waals surface area contributed by atoms with E-state index in [4.69, 9.17) is 5.11 Å². The van der Waals surface area contributed by atoms with Gasteiger partial charge >= 0.3 is 0 Å². The van der Waals surface area contributed by atoms with Crippen molar-refractivity contribution in [3.63, 3.8) is 0 Å². The first-order valence-electron chi connectivity index (χ1n) is 7.21. The molecule has 0 radical (unpaired) electrons. The highest BCUT2D eigenvalue weighted by Gasteiger charge is 2.32. The van der Waals surface area contributed by atoms with Gasteiger partial charge in [-0.15, -0.1) is 0 Å². The Hall–Kier alpha value is -0.880. The first kappa shape index (κ1) is 15.5. The molecule has 1 fully saturated rings. The molecule has 2 heterocycles. The molecule has 2 N–H and O–H groups in total. The molecule has 5 nitrogen and oxygen atoms in total. The zero-order valence-corrected chi connectivity index (χ0v) is 13.6. The molecule has 0 bridgehead atoms. The molecule has 1 amide bonds. The lowest BCUT2D eigenvalue weighted by Crippen LogP contribution is -2.36. The van der Waals surface area contributed by atoms with Gasteiger partial charge in [0.05, 0.1) is 10.2 Å². The number of carbonyl (C=O) groups excluding carboxylic acids is 1. The predicted octanol–water partition coefficient (Wildman–Crippen LogP) is 2.67. The van der Waals surface area contributed by atoms with Gasteiger partial charge in [0, 0.05) is 19.2 Å². The third-order valence-corrected chi connectivity index (χ3v) is 4.65. The Morgan fingerprint density at radius 3 is 2.95 bits per heavy atom. The van der Waals surface area contributed by atoms with Crippen LogP contribution >= 0.6 is 15.9 Å². The molecule has 20 heavy (non-hydrogen) atoms. The fourth-order valence-corrected chi connectivity index (χ4v) is 3.54. The highest BCUT2D eigenvalue weighted by molar-refractivity contribution is 9.10. The maximum Gasteiger partial charge on any atom is 0.275 e. The second-order valence-corrected chi connectivity index (χ2v) is 6.41. The molecule has 0 spiro atoms. The molecule has 0 aromatic carbocycles. The van der Waals surface area contributed by atoms with Crippen LogP contribution in [0.1, 0.15) is 61.6 Å². The number of aromatic nitrogens is 2. The van der Waals surface area contributed by atoms with E-state index in [1.165, 1.54) is 0 Å². The van der Waals surface area contributed by atoms with E-state index in [0.717, 1.165) is 42.4 Å². The smallest absolute Gasteiger partial charge is 0.275 e. The Balaban J connectivity index is 2.14. The fraction of sp³-hybridized carbons (Fsp3) is 0.714. The maximum atomic E-state index is 12.6. The number of aliphatic hydroxyl groups is 1. The van der Waals surface area contributed by atoms with Gasteiger partial charge < -0.3 is 10.0 Å². The van der Waals surface area contributed by atoms with E-state index in [9.17, 15) is 4.79 Å². The molecule has 1 saturated heterocycles. The molecular formula is C14H22BrN3O2. The highest BCUT2D eigenvalue weighted by Crippen LogP contribution is 2.29. The summed E-state index contributed by atoms with van der Waals surface area (Å²) in [5, 5.41) is 16.1. The first-order chi connectivity index (χ1) is 9.56. The van der Waals surface area contributed by atoms with Crippen molar-refractivity contribution in [2.75, 3.05) is 13.2 Å². The number of halogens is 1. The number of aliphatic hydroxyl groups excluding tert-OH is 1. The molecule has 1 aromatic rings. The van der Waals surface area contributed by atoms with Crippen LogP contribution in [0.15, 0.2) is 4.47 Å². The summed E-state index contributed by atoms with van der Waals surface area (Å²) < 4.78 is 0.783. The van der Waals surface area contributed by atoms with Crippen LogP contribution in [0.3, 0.4) is 0 Å². The lowest BCUT2D eigenvalue weighted by Gasteiger charge is -2.23. The van der Waals surface area contributed by atoms with Gasteiger partial charge in [-0.3, -0.25) is 9.89 Å². The summed E-state index contributed by atoms with van der Waals surface area (Å²) >= 11 is 3.49. The van der Waals surface area contributed by atoms with E-state index in [1.54, 1.807) is 0 Å². The predicted molar refractivity (Wildman–Crippen MR) is 80.8 cm³/mol. The number of amides is 1. The van der Waals surface area contributed by atoms with Crippen molar-refractivity contribution in [1.29, 1.82) is 0 Å². The number of likely N-dealkylation sites (tertiary alicyclic amines) is 1. The number of nitrogens with zero attached hydrogens (tertiary/aromatic N) is 2. The first-order valence-corrected chi connectivity index (χ1v) is 8.01. The van der Waals surface area contributed by atoms with Gasteiger partial charge in [-0.1, -0.05) is 13.8 Å². The molecule has 1 aromatic heterocycles. The quantitative estimate of drug-likeness (QED) is 0.863. The van der Waals surface area contributed by atoms with Crippen molar-refractivity contribution < 1.29 is 9.90 Å². The summed E-state index contributed by atoms with van der Waals surface area (Å²) in [7, 11) is 0. The average Bonchev–Trinajstić information content (AvgIpc) is 3.01. The number of rotatable bonds is 5. The summed E-state index contributed by atoms with van der Waals surface area (Å²) in [5.74, 6) is 0.280. The van der Waals surface area contributed by atoms with Crippen LogP contribution < -0.4 is 0 Å². The lowest BCUT2D eigenvalue weighted by atomic mass is 10.1. The van der Waals surface area contributed by atoms with Crippen LogP contribution in [0.5, 0.6) is 0 Å². The highest BCUT2D eigenvalue weighted by atomic mass is 79.9. The minimum Gasteiger partial charge on any atom is -0.396 e. The van der Waals surface area contributed by atoms with Gasteiger partial charge in [0.1, 0.15) is 0 Å². The molecule has 0 saturated carbocycles. The van der Waals surface area contributed by atoms with E-state index in [0.29, 0.717) is 11.6 Å². The minimum atomic E-state index is -0.0135. The standard InChI is InChI=1S/C14H22BrN3O2/c1-9(2)12-11(15)13(17-16-12)14(20)18-7-3-5-10(18)6-4-8-19/h9-10,19H,3-8H2,1-2H3,(H,16,17). The summed E-state index contributed by atoms with van der Waals surface area (Å²) in [6.45, 7) is 5.09. The molecule has 0 aliphatic carbocycles. The Morgan fingerprint density at radius 1 is 1.60 bits per heavy atom. The third kappa shape index (κ3) is 3.06. The zero-order chi connectivity index (χ0) is 14.7. The van der Waals surface area contributed by atoms with E-state index >= 15 is 0 Å². The van der Waals surface area contributed by atoms with E-state index in [-0.39, 0.29) is 18.6 Å². The Morgan fingerprint density at radius 2 is 2.35 bits per heavy atom. The summed E-state index contributed by atoms with van der Waals surface area (Å²) in [6.07, 6.45) is 3.65. The second kappa shape index (κ2) is 6.72. The average molecular weight is 344 g/mol. The van der Waals surface area contributed by atoms with Gasteiger partial charge in [-0.2, -0.15) is 5.10 Å². The van der Waals surface area contributed by atoms with E-state index < -0.39 is 0 Å². The van der Waals surface area contributed by atoms with Gasteiger partial charge in [-0.25, -0.2) is 0 Å². The molecule has 2 rings (SSSR count). The van der Waals surface area contributed by atoms with Gasteiger partial charge in [0.2, 0.25) is 0 Å². The lowest BCUT2D eigenvalue weighted by molar-refractivity contribution is 0.0717. The normalized spacial score (nSPS) is 19.1.